The molecule has 3 amide bonds. The van der Waals surface area contributed by atoms with Gasteiger partial charge < -0.3 is 15.5 Å². The third-order valence-electron chi connectivity index (χ3n) is 6.51. The smallest absolute Gasteiger partial charge is 0.258 e. The van der Waals surface area contributed by atoms with Gasteiger partial charge in [-0.3, -0.25) is 14.4 Å². The van der Waals surface area contributed by atoms with Crippen LogP contribution in [-0.2, 0) is 9.59 Å². The summed E-state index contributed by atoms with van der Waals surface area (Å²) in [4.78, 5) is 44.6. The maximum absolute atomic E-state index is 13.0. The zero-order valence-electron chi connectivity index (χ0n) is 18.8. The molecule has 2 fully saturated rings. The van der Waals surface area contributed by atoms with Gasteiger partial charge in [-0.2, -0.15) is 0 Å². The van der Waals surface area contributed by atoms with Gasteiger partial charge in [0.1, 0.15) is 5.82 Å². The van der Waals surface area contributed by atoms with E-state index in [9.17, 15) is 14.4 Å². The molecule has 1 aliphatic carbocycles. The number of aryl methyl sites for hydroxylation is 1. The Hall–Kier alpha value is -2.93. The van der Waals surface area contributed by atoms with E-state index in [1.807, 2.05) is 17.9 Å². The fourth-order valence-corrected chi connectivity index (χ4v) is 4.73. The first-order valence-corrected chi connectivity index (χ1v) is 11.9. The lowest BCUT2D eigenvalue weighted by Crippen LogP contribution is -2.37. The van der Waals surface area contributed by atoms with E-state index in [0.29, 0.717) is 34.9 Å². The highest BCUT2D eigenvalue weighted by atomic mass is 35.5. The van der Waals surface area contributed by atoms with Crippen molar-refractivity contribution < 1.29 is 14.4 Å². The van der Waals surface area contributed by atoms with E-state index >= 15 is 0 Å². The van der Waals surface area contributed by atoms with Crippen LogP contribution in [0.25, 0.3) is 0 Å². The zero-order chi connectivity index (χ0) is 23.4. The van der Waals surface area contributed by atoms with Gasteiger partial charge in [-0.15, -0.1) is 0 Å². The molecular formula is C25H29ClN4O3. The second-order valence-corrected chi connectivity index (χ2v) is 9.37. The number of amides is 3. The van der Waals surface area contributed by atoms with Crippen molar-refractivity contribution in [2.24, 2.45) is 11.8 Å². The van der Waals surface area contributed by atoms with Crippen molar-refractivity contribution in [3.05, 3.63) is 52.7 Å². The molecule has 1 saturated carbocycles. The van der Waals surface area contributed by atoms with Crippen LogP contribution in [0.2, 0.25) is 5.02 Å². The number of halogens is 1. The van der Waals surface area contributed by atoms with Crippen molar-refractivity contribution in [2.45, 2.75) is 45.4 Å². The summed E-state index contributed by atoms with van der Waals surface area (Å²) in [5.74, 6) is 0.0275. The molecule has 0 spiro atoms. The molecular weight excluding hydrogens is 440 g/mol. The van der Waals surface area contributed by atoms with Crippen LogP contribution in [0.4, 0.5) is 11.5 Å². The highest BCUT2D eigenvalue weighted by Crippen LogP contribution is 2.32. The molecule has 1 aliphatic heterocycles. The summed E-state index contributed by atoms with van der Waals surface area (Å²) in [6, 6.07) is 8.62. The van der Waals surface area contributed by atoms with E-state index in [2.05, 4.69) is 15.6 Å². The van der Waals surface area contributed by atoms with Gasteiger partial charge in [-0.1, -0.05) is 23.2 Å². The minimum atomic E-state index is -0.358. The zero-order valence-corrected chi connectivity index (χ0v) is 19.5. The number of anilines is 2. The molecule has 0 radical (unpaired) electrons. The first-order chi connectivity index (χ1) is 15.9. The maximum Gasteiger partial charge on any atom is 0.258 e. The van der Waals surface area contributed by atoms with Gasteiger partial charge in [0.2, 0.25) is 11.8 Å². The Bertz CT molecular complexity index is 1030. The van der Waals surface area contributed by atoms with Crippen molar-refractivity contribution in [1.29, 1.82) is 0 Å². The predicted molar refractivity (Wildman–Crippen MR) is 128 cm³/mol. The number of benzene rings is 1. The second-order valence-electron chi connectivity index (χ2n) is 8.94. The van der Waals surface area contributed by atoms with Crippen LogP contribution in [0.3, 0.4) is 0 Å². The fraction of sp³-hybridized carbons (Fsp3) is 0.440. The van der Waals surface area contributed by atoms with E-state index in [1.54, 1.807) is 24.3 Å². The summed E-state index contributed by atoms with van der Waals surface area (Å²) in [5.41, 5.74) is 1.74. The van der Waals surface area contributed by atoms with Gasteiger partial charge in [-0.25, -0.2) is 4.98 Å². The van der Waals surface area contributed by atoms with Crippen molar-refractivity contribution in [3.63, 3.8) is 0 Å². The van der Waals surface area contributed by atoms with Crippen molar-refractivity contribution in [2.75, 3.05) is 23.7 Å². The molecule has 0 atom stereocenters. The summed E-state index contributed by atoms with van der Waals surface area (Å²) >= 11 is 5.86. The van der Waals surface area contributed by atoms with E-state index in [0.717, 1.165) is 44.3 Å². The molecule has 1 saturated heterocycles. The number of carbonyl (C=O) groups is 3. The van der Waals surface area contributed by atoms with Gasteiger partial charge in [0.05, 0.1) is 16.3 Å². The summed E-state index contributed by atoms with van der Waals surface area (Å²) in [5, 5.41) is 6.17. The number of pyridine rings is 1. The lowest BCUT2D eigenvalue weighted by molar-refractivity contribution is -0.136. The topological polar surface area (TPSA) is 91.4 Å². The monoisotopic (exact) mass is 468 g/mol. The first kappa shape index (κ1) is 23.2. The molecule has 1 aromatic carbocycles. The van der Waals surface area contributed by atoms with Gasteiger partial charge in [0.25, 0.3) is 5.91 Å². The van der Waals surface area contributed by atoms with Gasteiger partial charge in [0, 0.05) is 31.1 Å². The normalized spacial score (nSPS) is 20.4. The molecule has 0 unspecified atom stereocenters. The second kappa shape index (κ2) is 10.3. The molecule has 2 heterocycles. The van der Waals surface area contributed by atoms with Crippen LogP contribution < -0.4 is 10.6 Å². The largest absolute Gasteiger partial charge is 0.342 e. The van der Waals surface area contributed by atoms with Crippen LogP contribution >= 0.6 is 11.6 Å². The summed E-state index contributed by atoms with van der Waals surface area (Å²) in [7, 11) is 0. The van der Waals surface area contributed by atoms with E-state index in [4.69, 9.17) is 11.6 Å². The molecule has 174 valence electrons. The highest BCUT2D eigenvalue weighted by Gasteiger charge is 2.33. The van der Waals surface area contributed by atoms with Crippen LogP contribution in [-0.4, -0.2) is 40.7 Å². The minimum Gasteiger partial charge on any atom is -0.342 e. The number of hydrogen-bond acceptors (Lipinski definition) is 4. The SMILES string of the molecule is Cc1ccc(NC(=O)[C@H]2CC[C@H](C(=O)N3CCCC3)CC2)c(C(=O)Nc2ccc(Cl)cn2)c1. The lowest BCUT2D eigenvalue weighted by atomic mass is 9.81. The molecule has 1 aromatic heterocycles. The fourth-order valence-electron chi connectivity index (χ4n) is 4.62. The summed E-state index contributed by atoms with van der Waals surface area (Å²) in [6.45, 7) is 3.62. The van der Waals surface area contributed by atoms with E-state index < -0.39 is 0 Å². The Morgan fingerprint density at radius 3 is 2.33 bits per heavy atom. The van der Waals surface area contributed by atoms with E-state index in [-0.39, 0.29) is 29.6 Å². The molecule has 0 bridgehead atoms. The molecule has 7 nitrogen and oxygen atoms in total. The van der Waals surface area contributed by atoms with Crippen molar-refractivity contribution in [3.8, 4) is 0 Å². The number of hydrogen-bond donors (Lipinski definition) is 2. The average molecular weight is 469 g/mol. The van der Waals surface area contributed by atoms with Crippen molar-refractivity contribution >= 4 is 40.8 Å². The van der Waals surface area contributed by atoms with Crippen LogP contribution in [0.5, 0.6) is 0 Å². The number of nitrogens with zero attached hydrogens (tertiary/aromatic N) is 2. The predicted octanol–water partition coefficient (Wildman–Crippen LogP) is 4.66. The van der Waals surface area contributed by atoms with Crippen LogP contribution in [0.15, 0.2) is 36.5 Å². The van der Waals surface area contributed by atoms with Gasteiger partial charge in [-0.05, 0) is 69.7 Å². The van der Waals surface area contributed by atoms with Crippen LogP contribution in [0.1, 0.15) is 54.4 Å². The number of rotatable bonds is 5. The quantitative estimate of drug-likeness (QED) is 0.667. The van der Waals surface area contributed by atoms with E-state index in [1.165, 1.54) is 6.20 Å². The number of carbonyl (C=O) groups excluding carboxylic acids is 3. The molecule has 2 aliphatic rings. The highest BCUT2D eigenvalue weighted by molar-refractivity contribution is 6.30. The minimum absolute atomic E-state index is 0.0275. The molecule has 8 heteroatoms. The molecule has 4 rings (SSSR count). The third kappa shape index (κ3) is 5.71. The Morgan fingerprint density at radius 2 is 1.67 bits per heavy atom. The Labute approximate surface area is 198 Å². The van der Waals surface area contributed by atoms with Crippen molar-refractivity contribution in [1.82, 2.24) is 9.88 Å². The lowest BCUT2D eigenvalue weighted by Gasteiger charge is -2.30. The first-order valence-electron chi connectivity index (χ1n) is 11.5. The standard InChI is InChI=1S/C25H29ClN4O3/c1-16-4-10-21(20(14-16)24(32)29-22-11-9-19(26)15-27-22)28-23(31)17-5-7-18(8-6-17)25(33)30-12-2-3-13-30/h4,9-11,14-15,17-18H,2-3,5-8,12-13H2,1H3,(H,28,31)(H,27,29,32)/t17-,18-. The number of aromatic nitrogens is 1. The average Bonchev–Trinajstić information content (AvgIpc) is 3.36. The Kier molecular flexibility index (Phi) is 7.28. The van der Waals surface area contributed by atoms with Crippen LogP contribution in [0, 0.1) is 18.8 Å². The maximum atomic E-state index is 13.0. The number of likely N-dealkylation sites (tertiary alicyclic amines) is 1. The molecule has 2 N–H and O–H groups in total. The Morgan fingerprint density at radius 1 is 0.970 bits per heavy atom. The Balaban J connectivity index is 1.38. The summed E-state index contributed by atoms with van der Waals surface area (Å²) in [6.07, 6.45) is 6.46. The molecule has 2 aromatic rings. The third-order valence-corrected chi connectivity index (χ3v) is 6.74. The van der Waals surface area contributed by atoms with Gasteiger partial charge in [0.15, 0.2) is 0 Å². The molecule has 33 heavy (non-hydrogen) atoms. The van der Waals surface area contributed by atoms with Gasteiger partial charge >= 0.3 is 0 Å². The number of nitrogens with one attached hydrogen (secondary N) is 2. The summed E-state index contributed by atoms with van der Waals surface area (Å²) < 4.78 is 0.